The summed E-state index contributed by atoms with van der Waals surface area (Å²) in [7, 11) is 0. The van der Waals surface area contributed by atoms with E-state index in [0.29, 0.717) is 26.4 Å². The highest BCUT2D eigenvalue weighted by Gasteiger charge is 2.04. The highest BCUT2D eigenvalue weighted by Crippen LogP contribution is 2.05. The third-order valence-corrected chi connectivity index (χ3v) is 5.35. The van der Waals surface area contributed by atoms with Crippen molar-refractivity contribution in [3.05, 3.63) is 0 Å². The molecule has 0 spiro atoms. The molecule has 0 saturated carbocycles. The smallest absolute Gasteiger partial charge is 0.434 e. The van der Waals surface area contributed by atoms with E-state index in [1.165, 1.54) is 0 Å². The monoisotopic (exact) mass is 506 g/mol. The topological polar surface area (TPSA) is 121 Å². The minimum Gasteiger partial charge on any atom is -0.434 e. The Balaban J connectivity index is 3.19. The maximum Gasteiger partial charge on any atom is 0.508 e. The lowest BCUT2D eigenvalue weighted by Gasteiger charge is -2.07. The molecule has 208 valence electrons. The fraction of sp³-hybridized carbons (Fsp3) is 0.923. The van der Waals surface area contributed by atoms with E-state index < -0.39 is 12.3 Å². The van der Waals surface area contributed by atoms with Crippen molar-refractivity contribution in [2.75, 3.05) is 52.9 Å². The standard InChI is InChI=1S/C26H50O9/c27-17-9-1-3-13-21-32-25(29)34-23-15-7-5-11-19-31-20-12-6-8-16-24-35-26(30)33-22-14-4-2-10-18-28/h27-28H,1-24H2. The second-order valence-electron chi connectivity index (χ2n) is 8.61. The first kappa shape index (κ1) is 33.4. The minimum atomic E-state index is -0.594. The van der Waals surface area contributed by atoms with Crippen LogP contribution in [0.4, 0.5) is 9.59 Å². The zero-order valence-electron chi connectivity index (χ0n) is 21.7. The van der Waals surface area contributed by atoms with E-state index in [2.05, 4.69) is 0 Å². The number of hydrogen-bond donors (Lipinski definition) is 2. The van der Waals surface area contributed by atoms with Crippen LogP contribution in [0.25, 0.3) is 0 Å². The lowest BCUT2D eigenvalue weighted by Crippen LogP contribution is -2.09. The van der Waals surface area contributed by atoms with Crippen LogP contribution >= 0.6 is 0 Å². The Morgan fingerprint density at radius 1 is 0.371 bits per heavy atom. The van der Waals surface area contributed by atoms with Crippen LogP contribution in [0.3, 0.4) is 0 Å². The fourth-order valence-electron chi connectivity index (χ4n) is 3.26. The number of hydrogen-bond acceptors (Lipinski definition) is 9. The Labute approximate surface area is 211 Å². The number of aliphatic hydroxyl groups excluding tert-OH is 2. The fourth-order valence-corrected chi connectivity index (χ4v) is 3.26. The number of aliphatic hydroxyl groups is 2. The summed E-state index contributed by atoms with van der Waals surface area (Å²) in [6.07, 6.45) is 13.5. The number of ether oxygens (including phenoxy) is 5. The van der Waals surface area contributed by atoms with Gasteiger partial charge in [0.15, 0.2) is 0 Å². The molecule has 0 aliphatic heterocycles. The number of rotatable bonds is 26. The first-order valence-electron chi connectivity index (χ1n) is 13.6. The molecule has 0 radical (unpaired) electrons. The summed E-state index contributed by atoms with van der Waals surface area (Å²) in [5.41, 5.74) is 0. The minimum absolute atomic E-state index is 0.211. The molecule has 0 bridgehead atoms. The van der Waals surface area contributed by atoms with Crippen molar-refractivity contribution in [2.45, 2.75) is 103 Å². The van der Waals surface area contributed by atoms with Gasteiger partial charge >= 0.3 is 12.3 Å². The maximum atomic E-state index is 11.4. The average Bonchev–Trinajstić information content (AvgIpc) is 2.85. The van der Waals surface area contributed by atoms with Crippen LogP contribution in [0, 0.1) is 0 Å². The van der Waals surface area contributed by atoms with Crippen LogP contribution in [-0.4, -0.2) is 75.4 Å². The van der Waals surface area contributed by atoms with Gasteiger partial charge in [0, 0.05) is 26.4 Å². The molecule has 0 aliphatic rings. The van der Waals surface area contributed by atoms with Crippen LogP contribution in [0.15, 0.2) is 0 Å². The van der Waals surface area contributed by atoms with Gasteiger partial charge in [0.2, 0.25) is 0 Å². The summed E-state index contributed by atoms with van der Waals surface area (Å²) in [5, 5.41) is 17.4. The van der Waals surface area contributed by atoms with Crippen molar-refractivity contribution in [3.63, 3.8) is 0 Å². The molecule has 2 N–H and O–H groups in total. The van der Waals surface area contributed by atoms with Crippen LogP contribution in [0.5, 0.6) is 0 Å². The van der Waals surface area contributed by atoms with E-state index in [0.717, 1.165) is 116 Å². The number of unbranched alkanes of at least 4 members (excludes halogenated alkanes) is 12. The van der Waals surface area contributed by atoms with E-state index in [1.807, 2.05) is 0 Å². The molecule has 0 amide bonds. The van der Waals surface area contributed by atoms with Crippen molar-refractivity contribution >= 4 is 12.3 Å². The summed E-state index contributed by atoms with van der Waals surface area (Å²) in [6, 6.07) is 0. The van der Waals surface area contributed by atoms with E-state index in [9.17, 15) is 9.59 Å². The summed E-state index contributed by atoms with van der Waals surface area (Å²) in [4.78, 5) is 22.8. The van der Waals surface area contributed by atoms with Crippen molar-refractivity contribution in [1.29, 1.82) is 0 Å². The van der Waals surface area contributed by atoms with Gasteiger partial charge in [-0.15, -0.1) is 0 Å². The molecule has 0 heterocycles. The Kier molecular flexibility index (Phi) is 27.4. The maximum absolute atomic E-state index is 11.4. The van der Waals surface area contributed by atoms with E-state index in [-0.39, 0.29) is 13.2 Å². The number of carbonyl (C=O) groups excluding carboxylic acids is 2. The van der Waals surface area contributed by atoms with Gasteiger partial charge < -0.3 is 33.9 Å². The molecule has 9 heteroatoms. The molecular formula is C26H50O9. The molecule has 0 aromatic heterocycles. The van der Waals surface area contributed by atoms with Crippen LogP contribution < -0.4 is 0 Å². The van der Waals surface area contributed by atoms with Crippen molar-refractivity contribution in [3.8, 4) is 0 Å². The molecule has 35 heavy (non-hydrogen) atoms. The molecule has 0 aromatic rings. The highest BCUT2D eigenvalue weighted by atomic mass is 16.7. The SMILES string of the molecule is O=C(OCCCCCCO)OCCCCCCOCCCCCCOC(=O)OCCCCCCO. The predicted molar refractivity (Wildman–Crippen MR) is 133 cm³/mol. The molecular weight excluding hydrogens is 456 g/mol. The second kappa shape index (κ2) is 28.7. The van der Waals surface area contributed by atoms with Crippen molar-refractivity contribution < 1.29 is 43.5 Å². The lowest BCUT2D eigenvalue weighted by atomic mass is 10.2. The largest absolute Gasteiger partial charge is 0.508 e. The predicted octanol–water partition coefficient (Wildman–Crippen LogP) is 5.54. The Morgan fingerprint density at radius 2 is 0.629 bits per heavy atom. The third kappa shape index (κ3) is 28.5. The Bertz CT molecular complexity index is 420. The third-order valence-electron chi connectivity index (χ3n) is 5.35. The average molecular weight is 507 g/mol. The molecule has 0 aliphatic carbocycles. The summed E-state index contributed by atoms with van der Waals surface area (Å²) in [6.45, 7) is 3.43. The van der Waals surface area contributed by atoms with Gasteiger partial charge in [0.25, 0.3) is 0 Å². The van der Waals surface area contributed by atoms with Gasteiger partial charge in [-0.25, -0.2) is 9.59 Å². The number of carbonyl (C=O) groups is 2. The van der Waals surface area contributed by atoms with Crippen molar-refractivity contribution in [2.24, 2.45) is 0 Å². The summed E-state index contributed by atoms with van der Waals surface area (Å²) in [5.74, 6) is 0. The first-order valence-corrected chi connectivity index (χ1v) is 13.6. The molecule has 0 unspecified atom stereocenters. The lowest BCUT2D eigenvalue weighted by molar-refractivity contribution is 0.0519. The quantitative estimate of drug-likeness (QED) is 0.115. The van der Waals surface area contributed by atoms with Crippen LogP contribution in [0.2, 0.25) is 0 Å². The zero-order valence-corrected chi connectivity index (χ0v) is 21.7. The van der Waals surface area contributed by atoms with E-state index in [4.69, 9.17) is 33.9 Å². The highest BCUT2D eigenvalue weighted by molar-refractivity contribution is 5.60. The Morgan fingerprint density at radius 3 is 0.914 bits per heavy atom. The van der Waals surface area contributed by atoms with Gasteiger partial charge in [0.05, 0.1) is 26.4 Å². The normalized spacial score (nSPS) is 10.8. The molecule has 0 aromatic carbocycles. The summed E-state index contributed by atoms with van der Waals surface area (Å²) >= 11 is 0. The van der Waals surface area contributed by atoms with Gasteiger partial charge in [-0.2, -0.15) is 0 Å². The van der Waals surface area contributed by atoms with Gasteiger partial charge in [-0.05, 0) is 77.0 Å². The van der Waals surface area contributed by atoms with Crippen LogP contribution in [-0.2, 0) is 23.7 Å². The van der Waals surface area contributed by atoms with E-state index >= 15 is 0 Å². The Hall–Kier alpha value is -1.58. The van der Waals surface area contributed by atoms with Gasteiger partial charge in [-0.3, -0.25) is 0 Å². The zero-order chi connectivity index (χ0) is 25.7. The van der Waals surface area contributed by atoms with E-state index in [1.54, 1.807) is 0 Å². The first-order chi connectivity index (χ1) is 17.2. The molecule has 0 saturated heterocycles. The van der Waals surface area contributed by atoms with Crippen molar-refractivity contribution in [1.82, 2.24) is 0 Å². The molecule has 0 atom stereocenters. The second-order valence-corrected chi connectivity index (χ2v) is 8.61. The van der Waals surface area contributed by atoms with Gasteiger partial charge in [0.1, 0.15) is 0 Å². The molecule has 9 nitrogen and oxygen atoms in total. The van der Waals surface area contributed by atoms with Gasteiger partial charge in [-0.1, -0.05) is 25.7 Å². The molecule has 0 rings (SSSR count). The van der Waals surface area contributed by atoms with Crippen LogP contribution in [0.1, 0.15) is 103 Å². The summed E-state index contributed by atoms with van der Waals surface area (Å²) < 4.78 is 25.7. The molecule has 0 fully saturated rings.